The fourth-order valence-electron chi connectivity index (χ4n) is 3.59. The number of halogens is 1. The second kappa shape index (κ2) is 5.56. The molecule has 7 heteroatoms. The molecular formula is C18H17FN2O3S. The molecule has 5 nitrogen and oxygen atoms in total. The van der Waals surface area contributed by atoms with E-state index in [4.69, 9.17) is 0 Å². The Balaban J connectivity index is 1.78. The maximum atomic E-state index is 13.3. The summed E-state index contributed by atoms with van der Waals surface area (Å²) in [6.07, 6.45) is 1.55. The fraction of sp³-hybridized carbons (Fsp3) is 0.278. The molecule has 1 N–H and O–H groups in total. The Bertz CT molecular complexity index is 988. The number of nitrogens with one attached hydrogen (secondary N) is 1. The minimum Gasteiger partial charge on any atom is -0.311 e. The van der Waals surface area contributed by atoms with Gasteiger partial charge in [0.15, 0.2) is 0 Å². The zero-order valence-electron chi connectivity index (χ0n) is 13.6. The third kappa shape index (κ3) is 2.59. The van der Waals surface area contributed by atoms with Crippen molar-refractivity contribution in [3.8, 4) is 0 Å². The summed E-state index contributed by atoms with van der Waals surface area (Å²) < 4.78 is 41.2. The quantitative estimate of drug-likeness (QED) is 0.915. The van der Waals surface area contributed by atoms with E-state index in [1.807, 2.05) is 0 Å². The minimum absolute atomic E-state index is 0.0172. The minimum atomic E-state index is -3.87. The molecule has 0 saturated carbocycles. The molecule has 4 rings (SSSR count). The van der Waals surface area contributed by atoms with Crippen molar-refractivity contribution >= 4 is 27.3 Å². The van der Waals surface area contributed by atoms with E-state index >= 15 is 0 Å². The van der Waals surface area contributed by atoms with Crippen molar-refractivity contribution in [3.63, 3.8) is 0 Å². The summed E-state index contributed by atoms with van der Waals surface area (Å²) in [6.45, 7) is 2.48. The summed E-state index contributed by atoms with van der Waals surface area (Å²) in [4.78, 5) is 14.3. The summed E-state index contributed by atoms with van der Waals surface area (Å²) in [7, 11) is -3.87. The third-order valence-electron chi connectivity index (χ3n) is 4.78. The van der Waals surface area contributed by atoms with Gasteiger partial charge in [-0.3, -0.25) is 9.52 Å². The Kier molecular flexibility index (Phi) is 3.57. The number of anilines is 2. The molecule has 2 aromatic rings. The number of nitrogens with zero attached hydrogens (tertiary/aromatic N) is 1. The molecule has 2 aromatic carbocycles. The van der Waals surface area contributed by atoms with Crippen LogP contribution >= 0.6 is 0 Å². The molecule has 2 aliphatic rings. The molecular weight excluding hydrogens is 343 g/mol. The van der Waals surface area contributed by atoms with Crippen LogP contribution in [0.25, 0.3) is 0 Å². The van der Waals surface area contributed by atoms with Crippen molar-refractivity contribution < 1.29 is 17.6 Å². The second-order valence-electron chi connectivity index (χ2n) is 6.45. The molecule has 2 aliphatic heterocycles. The van der Waals surface area contributed by atoms with Gasteiger partial charge in [-0.25, -0.2) is 12.8 Å². The zero-order valence-corrected chi connectivity index (χ0v) is 14.4. The summed E-state index contributed by atoms with van der Waals surface area (Å²) in [5, 5.41) is 0. The van der Waals surface area contributed by atoms with E-state index in [2.05, 4.69) is 4.72 Å². The maximum absolute atomic E-state index is 13.3. The Labute approximate surface area is 145 Å². The highest BCUT2D eigenvalue weighted by Gasteiger charge is 2.38. The number of aryl methyl sites for hydroxylation is 1. The van der Waals surface area contributed by atoms with Crippen molar-refractivity contribution in [2.45, 2.75) is 30.6 Å². The normalized spacial score (nSPS) is 19.0. The predicted octanol–water partition coefficient (Wildman–Crippen LogP) is 3.02. The van der Waals surface area contributed by atoms with Crippen LogP contribution in [0.5, 0.6) is 0 Å². The molecule has 0 bridgehead atoms. The summed E-state index contributed by atoms with van der Waals surface area (Å²) in [5.74, 6) is -0.848. The van der Waals surface area contributed by atoms with Gasteiger partial charge >= 0.3 is 0 Å². The van der Waals surface area contributed by atoms with E-state index in [9.17, 15) is 17.6 Å². The Morgan fingerprint density at radius 3 is 2.80 bits per heavy atom. The van der Waals surface area contributed by atoms with E-state index in [-0.39, 0.29) is 22.4 Å². The monoisotopic (exact) mass is 360 g/mol. The van der Waals surface area contributed by atoms with Crippen molar-refractivity contribution in [2.75, 3.05) is 16.2 Å². The van der Waals surface area contributed by atoms with Crippen LogP contribution in [0, 0.1) is 5.82 Å². The van der Waals surface area contributed by atoms with Gasteiger partial charge < -0.3 is 4.90 Å². The number of sulfonamides is 1. The van der Waals surface area contributed by atoms with Crippen LogP contribution in [-0.2, 0) is 21.2 Å². The van der Waals surface area contributed by atoms with E-state index < -0.39 is 15.8 Å². The number of carbonyl (C=O) groups excluding carboxylic acids is 1. The number of benzene rings is 2. The molecule has 0 radical (unpaired) electrons. The number of amides is 1. The average molecular weight is 360 g/mol. The Hall–Kier alpha value is -2.41. The van der Waals surface area contributed by atoms with Crippen LogP contribution in [0.4, 0.5) is 15.8 Å². The summed E-state index contributed by atoms with van der Waals surface area (Å²) in [6, 6.07) is 8.50. The molecule has 1 atom stereocenters. The second-order valence-corrected chi connectivity index (χ2v) is 8.13. The lowest BCUT2D eigenvalue weighted by Gasteiger charge is -2.26. The average Bonchev–Trinajstić information content (AvgIpc) is 2.81. The molecule has 1 amide bonds. The van der Waals surface area contributed by atoms with Crippen LogP contribution in [0.3, 0.4) is 0 Å². The van der Waals surface area contributed by atoms with E-state index in [0.717, 1.165) is 35.7 Å². The largest absolute Gasteiger partial charge is 0.311 e. The lowest BCUT2D eigenvalue weighted by atomic mass is 9.97. The molecule has 2 heterocycles. The van der Waals surface area contributed by atoms with Crippen molar-refractivity contribution in [1.29, 1.82) is 0 Å². The molecule has 0 saturated heterocycles. The van der Waals surface area contributed by atoms with Gasteiger partial charge in [0.1, 0.15) is 5.82 Å². The number of hydrogen-bond donors (Lipinski definition) is 1. The molecule has 0 aromatic heterocycles. The van der Waals surface area contributed by atoms with Gasteiger partial charge in [-0.2, -0.15) is 0 Å². The van der Waals surface area contributed by atoms with Crippen LogP contribution in [-0.4, -0.2) is 20.9 Å². The first-order valence-corrected chi connectivity index (χ1v) is 9.62. The maximum Gasteiger partial charge on any atom is 0.261 e. The summed E-state index contributed by atoms with van der Waals surface area (Å²) >= 11 is 0. The zero-order chi connectivity index (χ0) is 17.8. The molecule has 130 valence electrons. The summed E-state index contributed by atoms with van der Waals surface area (Å²) in [5.41, 5.74) is 2.66. The predicted molar refractivity (Wildman–Crippen MR) is 92.7 cm³/mol. The van der Waals surface area contributed by atoms with Gasteiger partial charge in [-0.15, -0.1) is 0 Å². The van der Waals surface area contributed by atoms with E-state index in [0.29, 0.717) is 6.54 Å². The Morgan fingerprint density at radius 2 is 2.04 bits per heavy atom. The lowest BCUT2D eigenvalue weighted by molar-refractivity contribution is -0.119. The first-order valence-electron chi connectivity index (χ1n) is 8.13. The van der Waals surface area contributed by atoms with Crippen LogP contribution < -0.4 is 9.62 Å². The number of carbonyl (C=O) groups is 1. The van der Waals surface area contributed by atoms with Crippen LogP contribution in [0.1, 0.15) is 30.4 Å². The Morgan fingerprint density at radius 1 is 1.24 bits per heavy atom. The van der Waals surface area contributed by atoms with Crippen molar-refractivity contribution in [2.24, 2.45) is 0 Å². The van der Waals surface area contributed by atoms with Crippen LogP contribution in [0.2, 0.25) is 0 Å². The van der Waals surface area contributed by atoms with Gasteiger partial charge in [-0.1, -0.05) is 6.07 Å². The molecule has 0 fully saturated rings. The van der Waals surface area contributed by atoms with Gasteiger partial charge in [0, 0.05) is 6.54 Å². The van der Waals surface area contributed by atoms with Gasteiger partial charge in [0.05, 0.1) is 22.2 Å². The lowest BCUT2D eigenvalue weighted by Crippen LogP contribution is -2.32. The van der Waals surface area contributed by atoms with E-state index in [1.165, 1.54) is 18.2 Å². The SMILES string of the molecule is CC1C(=O)N2CCCc3cc(S(=O)(=O)Nc4cccc(F)c4)cc1c32. The molecule has 0 spiro atoms. The van der Waals surface area contributed by atoms with Crippen molar-refractivity contribution in [1.82, 2.24) is 0 Å². The first-order chi connectivity index (χ1) is 11.9. The smallest absolute Gasteiger partial charge is 0.261 e. The van der Waals surface area contributed by atoms with Crippen LogP contribution in [0.15, 0.2) is 41.3 Å². The highest BCUT2D eigenvalue weighted by Crippen LogP contribution is 2.44. The third-order valence-corrected chi connectivity index (χ3v) is 6.14. The fourth-order valence-corrected chi connectivity index (χ4v) is 4.72. The van der Waals surface area contributed by atoms with Gasteiger partial charge in [-0.05, 0) is 61.2 Å². The molecule has 1 unspecified atom stereocenters. The van der Waals surface area contributed by atoms with E-state index in [1.54, 1.807) is 24.0 Å². The standard InChI is InChI=1S/C18H17FN2O3S/c1-11-16-10-15(8-12-4-3-7-21(17(12)16)18(11)22)25(23,24)20-14-6-2-5-13(19)9-14/h2,5-6,8-11,20H,3-4,7H2,1H3. The highest BCUT2D eigenvalue weighted by atomic mass is 32.2. The van der Waals surface area contributed by atoms with Gasteiger partial charge in [0.25, 0.3) is 10.0 Å². The highest BCUT2D eigenvalue weighted by molar-refractivity contribution is 7.92. The first kappa shape index (κ1) is 16.1. The molecule has 0 aliphatic carbocycles. The van der Waals surface area contributed by atoms with Crippen molar-refractivity contribution in [3.05, 3.63) is 53.3 Å². The molecule has 25 heavy (non-hydrogen) atoms. The van der Waals surface area contributed by atoms with Gasteiger partial charge in [0.2, 0.25) is 5.91 Å². The topological polar surface area (TPSA) is 66.5 Å². The number of rotatable bonds is 3. The number of hydrogen-bond acceptors (Lipinski definition) is 3.